The molecule has 1 N–H and O–H groups in total. The maximum atomic E-state index is 13.2. The molecule has 0 bridgehead atoms. The molecule has 1 amide bonds. The molecule has 2 aliphatic rings. The average Bonchev–Trinajstić information content (AvgIpc) is 3.31. The predicted molar refractivity (Wildman–Crippen MR) is 98.8 cm³/mol. The van der Waals surface area contributed by atoms with E-state index in [2.05, 4.69) is 0 Å². The molecule has 0 unspecified atom stereocenters. The minimum atomic E-state index is -0.548. The molecule has 0 radical (unpaired) electrons. The molecule has 0 spiro atoms. The zero-order valence-electron chi connectivity index (χ0n) is 14.6. The van der Waals surface area contributed by atoms with Crippen LogP contribution in [0.3, 0.4) is 0 Å². The molecule has 136 valence electrons. The van der Waals surface area contributed by atoms with Crippen molar-refractivity contribution in [2.75, 3.05) is 18.2 Å². The van der Waals surface area contributed by atoms with Gasteiger partial charge in [-0.05, 0) is 24.1 Å². The first-order chi connectivity index (χ1) is 13.1. The Labute approximate surface area is 154 Å². The summed E-state index contributed by atoms with van der Waals surface area (Å²) in [6, 6.07) is 10.8. The van der Waals surface area contributed by atoms with E-state index in [9.17, 15) is 14.7 Å². The summed E-state index contributed by atoms with van der Waals surface area (Å²) < 4.78 is 12.1. The van der Waals surface area contributed by atoms with Gasteiger partial charge < -0.3 is 24.0 Å². The first kappa shape index (κ1) is 15.7. The topological polar surface area (TPSA) is 81.0 Å². The molecule has 0 fully saturated rings. The van der Waals surface area contributed by atoms with Crippen LogP contribution in [0.25, 0.3) is 10.9 Å². The first-order valence-electron chi connectivity index (χ1n) is 8.61. The van der Waals surface area contributed by atoms with Crippen LogP contribution < -0.4 is 19.9 Å². The van der Waals surface area contributed by atoms with Crippen LogP contribution in [0.4, 0.5) is 5.69 Å². The first-order valence-corrected chi connectivity index (χ1v) is 8.61. The van der Waals surface area contributed by atoms with Gasteiger partial charge in [-0.1, -0.05) is 18.2 Å². The maximum Gasteiger partial charge on any atom is 0.267 e. The van der Waals surface area contributed by atoms with Crippen LogP contribution in [0.1, 0.15) is 15.9 Å². The fourth-order valence-corrected chi connectivity index (χ4v) is 3.79. The number of hydrogen-bond acceptors (Lipinski definition) is 5. The van der Waals surface area contributed by atoms with Gasteiger partial charge in [-0.15, -0.1) is 0 Å². The number of ether oxygens (including phenoxy) is 2. The van der Waals surface area contributed by atoms with Gasteiger partial charge in [0, 0.05) is 30.7 Å². The molecule has 0 aliphatic carbocycles. The Morgan fingerprint density at radius 3 is 2.70 bits per heavy atom. The smallest absolute Gasteiger partial charge is 0.267 e. The van der Waals surface area contributed by atoms with Crippen LogP contribution in [0.15, 0.2) is 41.2 Å². The molecule has 2 aliphatic heterocycles. The highest BCUT2D eigenvalue weighted by atomic mass is 16.7. The molecule has 1 aromatic heterocycles. The maximum absolute atomic E-state index is 13.2. The normalized spacial score (nSPS) is 14.6. The van der Waals surface area contributed by atoms with Crippen molar-refractivity contribution in [3.05, 3.63) is 57.9 Å². The molecule has 3 aromatic rings. The number of pyridine rings is 1. The number of aryl methyl sites for hydroxylation is 1. The number of nitrogens with zero attached hydrogens (tertiary/aromatic N) is 2. The van der Waals surface area contributed by atoms with Crippen molar-refractivity contribution in [1.29, 1.82) is 0 Å². The van der Waals surface area contributed by atoms with Gasteiger partial charge in [0.15, 0.2) is 11.5 Å². The van der Waals surface area contributed by atoms with E-state index < -0.39 is 11.5 Å². The fourth-order valence-electron chi connectivity index (χ4n) is 3.79. The molecule has 0 saturated heterocycles. The zero-order chi connectivity index (χ0) is 18.7. The summed E-state index contributed by atoms with van der Waals surface area (Å²) in [6.45, 7) is 0.552. The second-order valence-electron chi connectivity index (χ2n) is 6.65. The highest BCUT2D eigenvalue weighted by Crippen LogP contribution is 2.39. The predicted octanol–water partition coefficient (Wildman–Crippen LogP) is 2.18. The van der Waals surface area contributed by atoms with E-state index in [1.165, 1.54) is 4.57 Å². The van der Waals surface area contributed by atoms with Crippen molar-refractivity contribution in [3.63, 3.8) is 0 Å². The van der Waals surface area contributed by atoms with Crippen molar-refractivity contribution in [2.24, 2.45) is 7.05 Å². The number of amides is 1. The quantitative estimate of drug-likeness (QED) is 0.716. The summed E-state index contributed by atoms with van der Waals surface area (Å²) in [6.07, 6.45) is 0.718. The molecular formula is C20H16N2O5. The van der Waals surface area contributed by atoms with E-state index in [0.717, 1.165) is 17.7 Å². The Morgan fingerprint density at radius 1 is 1.15 bits per heavy atom. The number of fused-ring (bicyclic) bond motifs is 3. The third-order valence-corrected chi connectivity index (χ3v) is 5.21. The number of aromatic hydroxyl groups is 1. The summed E-state index contributed by atoms with van der Waals surface area (Å²) in [5.74, 6) is 0.143. The van der Waals surface area contributed by atoms with Gasteiger partial charge in [-0.3, -0.25) is 9.59 Å². The van der Waals surface area contributed by atoms with Crippen molar-refractivity contribution < 1.29 is 19.4 Å². The molecule has 27 heavy (non-hydrogen) atoms. The molecule has 7 nitrogen and oxygen atoms in total. The average molecular weight is 364 g/mol. The highest BCUT2D eigenvalue weighted by Gasteiger charge is 2.31. The van der Waals surface area contributed by atoms with Crippen molar-refractivity contribution in [1.82, 2.24) is 4.57 Å². The number of para-hydroxylation sites is 1. The molecule has 7 heteroatoms. The van der Waals surface area contributed by atoms with Crippen LogP contribution in [0.5, 0.6) is 17.2 Å². The summed E-state index contributed by atoms with van der Waals surface area (Å²) >= 11 is 0. The Balaban J connectivity index is 1.71. The lowest BCUT2D eigenvalue weighted by Crippen LogP contribution is -2.35. The van der Waals surface area contributed by atoms with Crippen LogP contribution in [-0.2, 0) is 13.5 Å². The van der Waals surface area contributed by atoms with Crippen molar-refractivity contribution >= 4 is 22.5 Å². The van der Waals surface area contributed by atoms with Crippen molar-refractivity contribution in [2.45, 2.75) is 6.42 Å². The summed E-state index contributed by atoms with van der Waals surface area (Å²) in [7, 11) is 1.57. The van der Waals surface area contributed by atoms with E-state index in [-0.39, 0.29) is 18.1 Å². The van der Waals surface area contributed by atoms with Crippen LogP contribution in [-0.4, -0.2) is 28.9 Å². The number of carbonyl (C=O) groups is 1. The number of anilines is 1. The second kappa shape index (κ2) is 5.51. The van der Waals surface area contributed by atoms with Gasteiger partial charge in [0.05, 0.1) is 5.52 Å². The number of carbonyl (C=O) groups excluding carboxylic acids is 1. The summed E-state index contributed by atoms with van der Waals surface area (Å²) in [5, 5.41) is 11.2. The van der Waals surface area contributed by atoms with Gasteiger partial charge in [-0.2, -0.15) is 0 Å². The van der Waals surface area contributed by atoms with E-state index >= 15 is 0 Å². The number of benzene rings is 2. The number of rotatable bonds is 1. The van der Waals surface area contributed by atoms with Gasteiger partial charge in [0.1, 0.15) is 11.3 Å². The largest absolute Gasteiger partial charge is 0.506 e. The Morgan fingerprint density at radius 2 is 1.89 bits per heavy atom. The molecule has 3 heterocycles. The number of hydrogen-bond donors (Lipinski definition) is 1. The molecule has 2 aromatic carbocycles. The Hall–Kier alpha value is -3.48. The third-order valence-electron chi connectivity index (χ3n) is 5.21. The van der Waals surface area contributed by atoms with E-state index in [1.807, 2.05) is 24.3 Å². The van der Waals surface area contributed by atoms with E-state index in [4.69, 9.17) is 9.47 Å². The molecule has 5 rings (SSSR count). The lowest BCUT2D eigenvalue weighted by atomic mass is 10.1. The highest BCUT2D eigenvalue weighted by molar-refractivity contribution is 6.11. The lowest BCUT2D eigenvalue weighted by molar-refractivity contribution is 0.0985. The fraction of sp³-hybridized carbons (Fsp3) is 0.200. The Bertz CT molecular complexity index is 1180. The monoisotopic (exact) mass is 364 g/mol. The summed E-state index contributed by atoms with van der Waals surface area (Å²) in [4.78, 5) is 27.6. The SMILES string of the molecule is Cn1c(=O)c(C(=O)N2CCc3ccccc32)c(O)c2cc3c(cc21)OCO3. The molecule has 0 atom stereocenters. The van der Waals surface area contributed by atoms with E-state index in [0.29, 0.717) is 28.9 Å². The van der Waals surface area contributed by atoms with Crippen LogP contribution >= 0.6 is 0 Å². The van der Waals surface area contributed by atoms with Crippen LogP contribution in [0, 0.1) is 0 Å². The van der Waals surface area contributed by atoms with Gasteiger partial charge in [0.25, 0.3) is 11.5 Å². The standard InChI is InChI=1S/C20H16N2O5/c1-21-14-9-16-15(26-10-27-16)8-12(14)18(23)17(19(21)24)20(25)22-7-6-11-4-2-3-5-13(11)22/h2-5,8-9,23H,6-7,10H2,1H3. The van der Waals surface area contributed by atoms with Gasteiger partial charge in [0.2, 0.25) is 6.79 Å². The minimum Gasteiger partial charge on any atom is -0.506 e. The third kappa shape index (κ3) is 2.14. The molecule has 0 saturated carbocycles. The molecular weight excluding hydrogens is 348 g/mol. The number of aromatic nitrogens is 1. The zero-order valence-corrected chi connectivity index (χ0v) is 14.6. The minimum absolute atomic E-state index is 0.0801. The van der Waals surface area contributed by atoms with Gasteiger partial charge in [-0.25, -0.2) is 0 Å². The van der Waals surface area contributed by atoms with Gasteiger partial charge >= 0.3 is 0 Å². The van der Waals surface area contributed by atoms with Crippen molar-refractivity contribution in [3.8, 4) is 17.2 Å². The Kier molecular flexibility index (Phi) is 3.21. The second-order valence-corrected chi connectivity index (χ2v) is 6.65. The van der Waals surface area contributed by atoms with Crippen LogP contribution in [0.2, 0.25) is 0 Å². The lowest BCUT2D eigenvalue weighted by Gasteiger charge is -2.19. The summed E-state index contributed by atoms with van der Waals surface area (Å²) in [5.41, 5.74) is 1.51. The van der Waals surface area contributed by atoms with E-state index in [1.54, 1.807) is 24.1 Å².